The second kappa shape index (κ2) is 6.67. The number of nitrogens with zero attached hydrogens (tertiary/aromatic N) is 1. The summed E-state index contributed by atoms with van der Waals surface area (Å²) in [6.45, 7) is 9.12. The van der Waals surface area contributed by atoms with Gasteiger partial charge in [0.05, 0.1) is 6.04 Å². The van der Waals surface area contributed by atoms with Crippen LogP contribution in [-0.4, -0.2) is 29.7 Å². The number of carbonyl (C=O) groups is 1. The minimum Gasteiger partial charge on any atom is -0.444 e. The van der Waals surface area contributed by atoms with Crippen molar-refractivity contribution in [2.75, 3.05) is 13.1 Å². The van der Waals surface area contributed by atoms with E-state index in [9.17, 15) is 4.79 Å². The Labute approximate surface area is 132 Å². The summed E-state index contributed by atoms with van der Waals surface area (Å²) in [7, 11) is 0. The van der Waals surface area contributed by atoms with Crippen molar-refractivity contribution in [3.63, 3.8) is 0 Å². The number of benzene rings is 1. The molecule has 1 aliphatic heterocycles. The Kier molecular flexibility index (Phi) is 5.08. The van der Waals surface area contributed by atoms with Gasteiger partial charge in [-0.3, -0.25) is 11.3 Å². The Morgan fingerprint density at radius 1 is 1.41 bits per heavy atom. The molecule has 2 rings (SSSR count). The fraction of sp³-hybridized carbons (Fsp3) is 0.588. The number of amides is 1. The molecule has 2 atom stereocenters. The molecular formula is C17H27N3O2. The van der Waals surface area contributed by atoms with Crippen molar-refractivity contribution in [1.82, 2.24) is 10.3 Å². The van der Waals surface area contributed by atoms with Gasteiger partial charge >= 0.3 is 6.09 Å². The van der Waals surface area contributed by atoms with Gasteiger partial charge in [0, 0.05) is 13.1 Å². The van der Waals surface area contributed by atoms with Gasteiger partial charge in [-0.15, -0.1) is 0 Å². The molecule has 1 saturated heterocycles. The standard InChI is InChI=1S/C17H27N3O2/c1-12-7-5-6-8-14(12)15(19-18)13-9-10-20(11-13)16(21)22-17(2,3)4/h5-8,13,15,19H,9-11,18H2,1-4H3. The van der Waals surface area contributed by atoms with E-state index in [2.05, 4.69) is 24.5 Å². The molecule has 1 aromatic rings. The maximum absolute atomic E-state index is 12.2. The zero-order valence-electron chi connectivity index (χ0n) is 13.9. The number of nitrogens with one attached hydrogen (secondary N) is 1. The first-order valence-electron chi connectivity index (χ1n) is 7.81. The van der Waals surface area contributed by atoms with E-state index < -0.39 is 5.60 Å². The van der Waals surface area contributed by atoms with Crippen molar-refractivity contribution in [3.8, 4) is 0 Å². The molecule has 3 N–H and O–H groups in total. The monoisotopic (exact) mass is 305 g/mol. The largest absolute Gasteiger partial charge is 0.444 e. The zero-order chi connectivity index (χ0) is 16.3. The van der Waals surface area contributed by atoms with Crippen molar-refractivity contribution >= 4 is 6.09 Å². The van der Waals surface area contributed by atoms with E-state index in [0.29, 0.717) is 19.0 Å². The SMILES string of the molecule is Cc1ccccc1C(NN)C1CCN(C(=O)OC(C)(C)C)C1. The van der Waals surface area contributed by atoms with Crippen LogP contribution in [0.25, 0.3) is 0 Å². The molecule has 5 nitrogen and oxygen atoms in total. The molecule has 122 valence electrons. The topological polar surface area (TPSA) is 67.6 Å². The molecule has 2 unspecified atom stereocenters. The van der Waals surface area contributed by atoms with Crippen molar-refractivity contribution in [1.29, 1.82) is 0 Å². The number of hydrogen-bond acceptors (Lipinski definition) is 4. The molecule has 1 aromatic carbocycles. The summed E-state index contributed by atoms with van der Waals surface area (Å²) in [5, 5.41) is 0. The Balaban J connectivity index is 2.05. The third kappa shape index (κ3) is 3.99. The van der Waals surface area contributed by atoms with Crippen LogP contribution >= 0.6 is 0 Å². The normalized spacial score (nSPS) is 20.0. The average molecular weight is 305 g/mol. The maximum Gasteiger partial charge on any atom is 0.410 e. The predicted octanol–water partition coefficient (Wildman–Crippen LogP) is 2.76. The highest BCUT2D eigenvalue weighted by atomic mass is 16.6. The maximum atomic E-state index is 12.2. The molecular weight excluding hydrogens is 278 g/mol. The molecule has 0 aromatic heterocycles. The lowest BCUT2D eigenvalue weighted by Gasteiger charge is -2.26. The van der Waals surface area contributed by atoms with Crippen LogP contribution in [0.4, 0.5) is 4.79 Å². The number of likely N-dealkylation sites (tertiary alicyclic amines) is 1. The van der Waals surface area contributed by atoms with E-state index in [0.717, 1.165) is 6.42 Å². The van der Waals surface area contributed by atoms with Crippen LogP contribution in [0.1, 0.15) is 44.4 Å². The van der Waals surface area contributed by atoms with Gasteiger partial charge in [-0.05, 0) is 51.2 Å². The minimum atomic E-state index is -0.462. The lowest BCUT2D eigenvalue weighted by molar-refractivity contribution is 0.0285. The van der Waals surface area contributed by atoms with Crippen LogP contribution in [0.5, 0.6) is 0 Å². The van der Waals surface area contributed by atoms with Crippen LogP contribution in [-0.2, 0) is 4.74 Å². The van der Waals surface area contributed by atoms with Crippen molar-refractivity contribution < 1.29 is 9.53 Å². The predicted molar refractivity (Wildman–Crippen MR) is 87.2 cm³/mol. The highest BCUT2D eigenvalue weighted by Gasteiger charge is 2.34. The summed E-state index contributed by atoms with van der Waals surface area (Å²) in [4.78, 5) is 13.9. The van der Waals surface area contributed by atoms with Crippen molar-refractivity contribution in [2.45, 2.75) is 45.8 Å². The van der Waals surface area contributed by atoms with Gasteiger partial charge in [0.25, 0.3) is 0 Å². The van der Waals surface area contributed by atoms with Crippen LogP contribution in [0.15, 0.2) is 24.3 Å². The van der Waals surface area contributed by atoms with Crippen LogP contribution < -0.4 is 11.3 Å². The quantitative estimate of drug-likeness (QED) is 0.665. The summed E-state index contributed by atoms with van der Waals surface area (Å²) in [5.41, 5.74) is 4.87. The first-order chi connectivity index (χ1) is 10.3. The summed E-state index contributed by atoms with van der Waals surface area (Å²) >= 11 is 0. The van der Waals surface area contributed by atoms with Crippen molar-refractivity contribution in [3.05, 3.63) is 35.4 Å². The molecule has 1 fully saturated rings. The van der Waals surface area contributed by atoms with Gasteiger partial charge in [0.2, 0.25) is 0 Å². The molecule has 5 heteroatoms. The van der Waals surface area contributed by atoms with Gasteiger partial charge in [-0.1, -0.05) is 24.3 Å². The van der Waals surface area contributed by atoms with Gasteiger partial charge in [0.15, 0.2) is 0 Å². The summed E-state index contributed by atoms with van der Waals surface area (Å²) < 4.78 is 5.45. The fourth-order valence-electron chi connectivity index (χ4n) is 2.97. The van der Waals surface area contributed by atoms with E-state index in [1.807, 2.05) is 32.9 Å². The molecule has 22 heavy (non-hydrogen) atoms. The number of rotatable bonds is 3. The van der Waals surface area contributed by atoms with Crippen LogP contribution in [0.3, 0.4) is 0 Å². The van der Waals surface area contributed by atoms with Gasteiger partial charge in [-0.25, -0.2) is 4.79 Å². The number of hydrazine groups is 1. The van der Waals surface area contributed by atoms with Crippen LogP contribution in [0.2, 0.25) is 0 Å². The number of hydrogen-bond donors (Lipinski definition) is 2. The Morgan fingerprint density at radius 3 is 2.68 bits per heavy atom. The van der Waals surface area contributed by atoms with E-state index in [-0.39, 0.29) is 12.1 Å². The molecule has 1 aliphatic rings. The average Bonchev–Trinajstić information content (AvgIpc) is 2.89. The Morgan fingerprint density at radius 2 is 2.09 bits per heavy atom. The number of nitrogens with two attached hydrogens (primary N) is 1. The number of ether oxygens (including phenoxy) is 1. The molecule has 1 heterocycles. The highest BCUT2D eigenvalue weighted by molar-refractivity contribution is 5.68. The molecule has 0 radical (unpaired) electrons. The smallest absolute Gasteiger partial charge is 0.410 e. The summed E-state index contributed by atoms with van der Waals surface area (Å²) in [6.07, 6.45) is 0.679. The van der Waals surface area contributed by atoms with E-state index in [1.54, 1.807) is 4.90 Å². The van der Waals surface area contributed by atoms with Crippen molar-refractivity contribution in [2.24, 2.45) is 11.8 Å². The second-order valence-corrected chi connectivity index (χ2v) is 6.98. The first kappa shape index (κ1) is 16.8. The first-order valence-corrected chi connectivity index (χ1v) is 7.81. The molecule has 0 bridgehead atoms. The lowest BCUT2D eigenvalue weighted by atomic mass is 9.90. The number of carbonyl (C=O) groups excluding carboxylic acids is 1. The Bertz CT molecular complexity index is 525. The number of aryl methyl sites for hydroxylation is 1. The van der Waals surface area contributed by atoms with Gasteiger partial charge in [0.1, 0.15) is 5.60 Å². The third-order valence-corrected chi connectivity index (χ3v) is 4.05. The minimum absolute atomic E-state index is 0.0497. The second-order valence-electron chi connectivity index (χ2n) is 6.98. The summed E-state index contributed by atoms with van der Waals surface area (Å²) in [6, 6.07) is 8.27. The lowest BCUT2D eigenvalue weighted by Crippen LogP contribution is -2.38. The highest BCUT2D eigenvalue weighted by Crippen LogP contribution is 2.31. The van der Waals surface area contributed by atoms with Crippen LogP contribution in [0, 0.1) is 12.8 Å². The molecule has 1 amide bonds. The fourth-order valence-corrected chi connectivity index (χ4v) is 2.97. The van der Waals surface area contributed by atoms with E-state index in [1.165, 1.54) is 11.1 Å². The van der Waals surface area contributed by atoms with E-state index >= 15 is 0 Å². The molecule has 0 aliphatic carbocycles. The third-order valence-electron chi connectivity index (χ3n) is 4.05. The Hall–Kier alpha value is -1.59. The zero-order valence-corrected chi connectivity index (χ0v) is 13.9. The summed E-state index contributed by atoms with van der Waals surface area (Å²) in [5.74, 6) is 6.08. The van der Waals surface area contributed by atoms with E-state index in [4.69, 9.17) is 10.6 Å². The molecule has 0 spiro atoms. The van der Waals surface area contributed by atoms with Gasteiger partial charge < -0.3 is 9.64 Å². The molecule has 0 saturated carbocycles. The van der Waals surface area contributed by atoms with Gasteiger partial charge in [-0.2, -0.15) is 0 Å².